The van der Waals surface area contributed by atoms with E-state index in [9.17, 15) is 0 Å². The van der Waals surface area contributed by atoms with Gasteiger partial charge in [0.05, 0.1) is 11.8 Å². The first-order valence-electron chi connectivity index (χ1n) is 5.56. The Hall–Kier alpha value is -1.61. The van der Waals surface area contributed by atoms with Crippen molar-refractivity contribution in [2.24, 2.45) is 0 Å². The lowest BCUT2D eigenvalue weighted by atomic mass is 10.1. The molecule has 1 aliphatic carbocycles. The van der Waals surface area contributed by atoms with Gasteiger partial charge in [-0.2, -0.15) is 0 Å². The predicted octanol–water partition coefficient (Wildman–Crippen LogP) is 3.34. The second kappa shape index (κ2) is 4.34. The van der Waals surface area contributed by atoms with Gasteiger partial charge in [-0.1, -0.05) is 23.7 Å². The monoisotopic (exact) mass is 246 g/mol. The number of aromatic nitrogens is 2. The Morgan fingerprint density at radius 3 is 2.82 bits per heavy atom. The van der Waals surface area contributed by atoms with Crippen molar-refractivity contribution in [2.75, 3.05) is 0 Å². The first-order valence-corrected chi connectivity index (χ1v) is 5.94. The highest BCUT2D eigenvalue weighted by molar-refractivity contribution is 6.29. The highest BCUT2D eigenvalue weighted by atomic mass is 35.5. The van der Waals surface area contributed by atoms with E-state index >= 15 is 0 Å². The zero-order valence-corrected chi connectivity index (χ0v) is 9.89. The van der Waals surface area contributed by atoms with Crippen molar-refractivity contribution < 1.29 is 4.74 Å². The zero-order valence-electron chi connectivity index (χ0n) is 9.14. The molecule has 0 spiro atoms. The van der Waals surface area contributed by atoms with E-state index in [0.717, 1.165) is 29.8 Å². The second-order valence-corrected chi connectivity index (χ2v) is 4.46. The first kappa shape index (κ1) is 10.5. The highest BCUT2D eigenvalue weighted by Gasteiger charge is 2.23. The van der Waals surface area contributed by atoms with Crippen LogP contribution in [0.3, 0.4) is 0 Å². The van der Waals surface area contributed by atoms with E-state index in [1.165, 1.54) is 6.33 Å². The van der Waals surface area contributed by atoms with Crippen molar-refractivity contribution in [3.8, 4) is 17.0 Å². The number of hydrogen-bond acceptors (Lipinski definition) is 3. The number of ether oxygens (including phenoxy) is 1. The topological polar surface area (TPSA) is 35.0 Å². The predicted molar refractivity (Wildman–Crippen MR) is 66.1 cm³/mol. The third-order valence-electron chi connectivity index (χ3n) is 2.59. The van der Waals surface area contributed by atoms with Crippen molar-refractivity contribution in [1.29, 1.82) is 0 Å². The van der Waals surface area contributed by atoms with Crippen LogP contribution < -0.4 is 4.74 Å². The minimum atomic E-state index is 0.402. The molecule has 0 radical (unpaired) electrons. The maximum absolute atomic E-state index is 5.85. The number of benzene rings is 1. The lowest BCUT2D eigenvalue weighted by Crippen LogP contribution is -1.95. The number of halogens is 1. The fourth-order valence-corrected chi connectivity index (χ4v) is 1.75. The molecule has 0 amide bonds. The van der Waals surface area contributed by atoms with Crippen molar-refractivity contribution >= 4 is 11.6 Å². The second-order valence-electron chi connectivity index (χ2n) is 4.07. The molecule has 2 aromatic rings. The fraction of sp³-hybridized carbons (Fsp3) is 0.231. The van der Waals surface area contributed by atoms with Gasteiger partial charge in [-0.15, -0.1) is 0 Å². The van der Waals surface area contributed by atoms with Gasteiger partial charge in [0.15, 0.2) is 0 Å². The van der Waals surface area contributed by atoms with Crippen LogP contribution in [-0.4, -0.2) is 16.1 Å². The number of rotatable bonds is 3. The Morgan fingerprint density at radius 1 is 1.18 bits per heavy atom. The van der Waals surface area contributed by atoms with Crippen LogP contribution in [-0.2, 0) is 0 Å². The molecule has 1 saturated carbocycles. The van der Waals surface area contributed by atoms with Gasteiger partial charge in [0.1, 0.15) is 17.2 Å². The summed E-state index contributed by atoms with van der Waals surface area (Å²) in [5.41, 5.74) is 1.80. The molecule has 1 aromatic heterocycles. The van der Waals surface area contributed by atoms with Gasteiger partial charge in [0, 0.05) is 11.6 Å². The molecule has 3 rings (SSSR count). The van der Waals surface area contributed by atoms with E-state index < -0.39 is 0 Å². The van der Waals surface area contributed by atoms with Crippen LogP contribution in [0.4, 0.5) is 0 Å². The molecule has 3 nitrogen and oxygen atoms in total. The van der Waals surface area contributed by atoms with E-state index in [2.05, 4.69) is 9.97 Å². The van der Waals surface area contributed by atoms with Gasteiger partial charge in [0.25, 0.3) is 0 Å². The van der Waals surface area contributed by atoms with Crippen molar-refractivity contribution in [3.63, 3.8) is 0 Å². The summed E-state index contributed by atoms with van der Waals surface area (Å²) < 4.78 is 5.74. The van der Waals surface area contributed by atoms with E-state index in [4.69, 9.17) is 16.3 Å². The minimum absolute atomic E-state index is 0.402. The standard InChI is InChI=1S/C13H11ClN2O/c14-13-7-12(15-8-16-13)9-2-1-3-11(6-9)17-10-4-5-10/h1-3,6-8,10H,4-5H2. The van der Waals surface area contributed by atoms with Crippen LogP contribution in [0.15, 0.2) is 36.7 Å². The van der Waals surface area contributed by atoms with E-state index in [1.807, 2.05) is 24.3 Å². The van der Waals surface area contributed by atoms with Crippen LogP contribution >= 0.6 is 11.6 Å². The highest BCUT2D eigenvalue weighted by Crippen LogP contribution is 2.29. The lowest BCUT2D eigenvalue weighted by molar-refractivity contribution is 0.303. The van der Waals surface area contributed by atoms with Crippen LogP contribution in [0.25, 0.3) is 11.3 Å². The molecule has 0 aliphatic heterocycles. The van der Waals surface area contributed by atoms with E-state index in [-0.39, 0.29) is 0 Å². The molecular weight excluding hydrogens is 236 g/mol. The van der Waals surface area contributed by atoms with Gasteiger partial charge in [-0.05, 0) is 25.0 Å². The fourth-order valence-electron chi connectivity index (χ4n) is 1.60. The third kappa shape index (κ3) is 2.56. The van der Waals surface area contributed by atoms with Gasteiger partial charge < -0.3 is 4.74 Å². The molecule has 0 N–H and O–H groups in total. The molecule has 86 valence electrons. The largest absolute Gasteiger partial charge is 0.490 e. The average molecular weight is 247 g/mol. The van der Waals surface area contributed by atoms with Crippen molar-refractivity contribution in [1.82, 2.24) is 9.97 Å². The summed E-state index contributed by atoms with van der Waals surface area (Å²) in [4.78, 5) is 8.06. The molecule has 0 bridgehead atoms. The lowest BCUT2D eigenvalue weighted by Gasteiger charge is -2.06. The van der Waals surface area contributed by atoms with Gasteiger partial charge in [-0.25, -0.2) is 9.97 Å². The first-order chi connectivity index (χ1) is 8.31. The Morgan fingerprint density at radius 2 is 2.06 bits per heavy atom. The normalized spacial score (nSPS) is 14.6. The molecule has 1 aromatic carbocycles. The minimum Gasteiger partial charge on any atom is -0.490 e. The molecule has 0 unspecified atom stereocenters. The summed E-state index contributed by atoms with van der Waals surface area (Å²) >= 11 is 5.85. The van der Waals surface area contributed by atoms with Gasteiger partial charge >= 0.3 is 0 Å². The van der Waals surface area contributed by atoms with Crippen LogP contribution in [0.2, 0.25) is 5.15 Å². The summed E-state index contributed by atoms with van der Waals surface area (Å²) in [7, 11) is 0. The summed E-state index contributed by atoms with van der Waals surface area (Å²) in [5, 5.41) is 0.448. The van der Waals surface area contributed by atoms with Crippen molar-refractivity contribution in [2.45, 2.75) is 18.9 Å². The SMILES string of the molecule is Clc1cc(-c2cccc(OC3CC3)c2)ncn1. The maximum Gasteiger partial charge on any atom is 0.133 e. The number of hydrogen-bond donors (Lipinski definition) is 0. The third-order valence-corrected chi connectivity index (χ3v) is 2.80. The molecule has 4 heteroatoms. The summed E-state index contributed by atoms with van der Waals surface area (Å²) in [6.45, 7) is 0. The van der Waals surface area contributed by atoms with Crippen molar-refractivity contribution in [3.05, 3.63) is 41.8 Å². The average Bonchev–Trinajstić information content (AvgIpc) is 3.13. The molecule has 1 aliphatic rings. The van der Waals surface area contributed by atoms with E-state index in [0.29, 0.717) is 11.3 Å². The van der Waals surface area contributed by atoms with Gasteiger partial charge in [0.2, 0.25) is 0 Å². The Bertz CT molecular complexity index is 540. The summed E-state index contributed by atoms with van der Waals surface area (Å²) in [6.07, 6.45) is 4.18. The maximum atomic E-state index is 5.85. The smallest absolute Gasteiger partial charge is 0.133 e. The molecule has 17 heavy (non-hydrogen) atoms. The number of nitrogens with zero attached hydrogens (tertiary/aromatic N) is 2. The molecular formula is C13H11ClN2O. The molecule has 0 atom stereocenters. The quantitative estimate of drug-likeness (QED) is 0.779. The Kier molecular flexibility index (Phi) is 2.69. The van der Waals surface area contributed by atoms with Crippen LogP contribution in [0.1, 0.15) is 12.8 Å². The summed E-state index contributed by atoms with van der Waals surface area (Å²) in [5.74, 6) is 0.889. The Balaban J connectivity index is 1.91. The van der Waals surface area contributed by atoms with Crippen LogP contribution in [0.5, 0.6) is 5.75 Å². The molecule has 1 heterocycles. The van der Waals surface area contributed by atoms with Crippen LogP contribution in [0, 0.1) is 0 Å². The molecule has 1 fully saturated rings. The Labute approximate surface area is 104 Å². The van der Waals surface area contributed by atoms with Gasteiger partial charge in [-0.3, -0.25) is 0 Å². The zero-order chi connectivity index (χ0) is 11.7. The molecule has 0 saturated heterocycles. The summed E-state index contributed by atoms with van der Waals surface area (Å²) in [6, 6.07) is 9.64. The van der Waals surface area contributed by atoms with E-state index in [1.54, 1.807) is 6.07 Å².